The smallest absolute Gasteiger partial charge is 0.261 e. The molecule has 3 aromatic rings. The van der Waals surface area contributed by atoms with Crippen LogP contribution < -0.4 is 19.5 Å². The van der Waals surface area contributed by atoms with Crippen molar-refractivity contribution < 1.29 is 22.7 Å². The Morgan fingerprint density at radius 1 is 1.03 bits per heavy atom. The largest absolute Gasteiger partial charge is 0.497 e. The maximum atomic E-state index is 12.7. The zero-order chi connectivity index (χ0) is 24.0. The minimum absolute atomic E-state index is 0.0832. The predicted molar refractivity (Wildman–Crippen MR) is 128 cm³/mol. The van der Waals surface area contributed by atoms with Crippen LogP contribution in [0.15, 0.2) is 71.6 Å². The third-order valence-corrected chi connectivity index (χ3v) is 6.54. The van der Waals surface area contributed by atoms with Crippen molar-refractivity contribution in [2.45, 2.75) is 24.8 Å². The maximum Gasteiger partial charge on any atom is 0.261 e. The monoisotopic (exact) mass is 488 g/mol. The minimum Gasteiger partial charge on any atom is -0.497 e. The molecule has 1 amide bonds. The molecule has 0 saturated heterocycles. The molecule has 9 heteroatoms. The quantitative estimate of drug-likeness (QED) is 0.454. The molecular formula is C24H25ClN2O5S. The summed E-state index contributed by atoms with van der Waals surface area (Å²) in [6.07, 6.45) is 0. The topological polar surface area (TPSA) is 93.7 Å². The van der Waals surface area contributed by atoms with Crippen LogP contribution in [0.2, 0.25) is 5.02 Å². The zero-order valence-corrected chi connectivity index (χ0v) is 20.0. The second-order valence-electron chi connectivity index (χ2n) is 7.39. The first-order valence-electron chi connectivity index (χ1n) is 10.1. The fraction of sp³-hybridized carbons (Fsp3) is 0.208. The predicted octanol–water partition coefficient (Wildman–Crippen LogP) is 4.71. The van der Waals surface area contributed by atoms with Crippen LogP contribution in [-0.2, 0) is 14.8 Å². The first-order valence-corrected chi connectivity index (χ1v) is 12.0. The van der Waals surface area contributed by atoms with Crippen molar-refractivity contribution in [2.24, 2.45) is 0 Å². The van der Waals surface area contributed by atoms with Crippen molar-refractivity contribution in [2.75, 3.05) is 18.4 Å². The number of hydrogen-bond acceptors (Lipinski definition) is 5. The van der Waals surface area contributed by atoms with Gasteiger partial charge in [-0.2, -0.15) is 0 Å². The van der Waals surface area contributed by atoms with Gasteiger partial charge in [0, 0.05) is 10.7 Å². The van der Waals surface area contributed by atoms with Gasteiger partial charge in [0.05, 0.1) is 18.0 Å². The summed E-state index contributed by atoms with van der Waals surface area (Å²) in [5, 5.41) is 3.38. The number of benzene rings is 3. The van der Waals surface area contributed by atoms with E-state index in [0.29, 0.717) is 22.0 Å². The van der Waals surface area contributed by atoms with Gasteiger partial charge in [0.25, 0.3) is 15.9 Å². The summed E-state index contributed by atoms with van der Waals surface area (Å²) in [5.41, 5.74) is 1.92. The van der Waals surface area contributed by atoms with E-state index in [1.165, 1.54) is 18.2 Å². The third kappa shape index (κ3) is 6.63. The van der Waals surface area contributed by atoms with E-state index < -0.39 is 10.0 Å². The molecule has 0 aromatic heterocycles. The van der Waals surface area contributed by atoms with Gasteiger partial charge < -0.3 is 14.8 Å². The van der Waals surface area contributed by atoms with E-state index in [9.17, 15) is 13.2 Å². The summed E-state index contributed by atoms with van der Waals surface area (Å²) in [6.45, 7) is 3.39. The van der Waals surface area contributed by atoms with Crippen LogP contribution in [0.1, 0.15) is 24.1 Å². The van der Waals surface area contributed by atoms with Crippen molar-refractivity contribution in [3.05, 3.63) is 82.9 Å². The average Bonchev–Trinajstić information content (AvgIpc) is 2.79. The lowest BCUT2D eigenvalue weighted by molar-refractivity contribution is -0.123. The minimum atomic E-state index is -3.79. The molecule has 33 heavy (non-hydrogen) atoms. The Bertz CT molecular complexity index is 1210. The van der Waals surface area contributed by atoms with E-state index in [2.05, 4.69) is 10.0 Å². The lowest BCUT2D eigenvalue weighted by atomic mass is 10.1. The average molecular weight is 489 g/mol. The molecule has 174 valence electrons. The van der Waals surface area contributed by atoms with Crippen LogP contribution in [-0.4, -0.2) is 28.0 Å². The molecule has 3 aromatic carbocycles. The first kappa shape index (κ1) is 24.4. The Hall–Kier alpha value is -3.23. The van der Waals surface area contributed by atoms with Crippen molar-refractivity contribution >= 4 is 33.2 Å². The molecule has 0 unspecified atom stereocenters. The Balaban J connectivity index is 1.59. The van der Waals surface area contributed by atoms with Crippen molar-refractivity contribution in [3.63, 3.8) is 0 Å². The standard InChI is InChI=1S/C24H25ClN2O5S/c1-16-14-22(33(29,30)27-20-8-6-19(25)7-9-20)12-13-23(16)32-15-24(28)26-17(2)18-4-10-21(31-3)11-5-18/h4-14,17,27H,15H2,1-3H3,(H,26,28)/t17-/m1/s1. The second kappa shape index (κ2) is 10.6. The number of hydrogen-bond donors (Lipinski definition) is 2. The number of aryl methyl sites for hydroxylation is 1. The molecule has 3 rings (SSSR count). The van der Waals surface area contributed by atoms with Gasteiger partial charge >= 0.3 is 0 Å². The van der Waals surface area contributed by atoms with Crippen LogP contribution in [0.25, 0.3) is 0 Å². The number of carbonyl (C=O) groups is 1. The SMILES string of the molecule is COc1ccc([C@@H](C)NC(=O)COc2ccc(S(=O)(=O)Nc3ccc(Cl)cc3)cc2C)cc1. The number of ether oxygens (including phenoxy) is 2. The van der Waals surface area contributed by atoms with Crippen LogP contribution in [0, 0.1) is 6.92 Å². The van der Waals surface area contributed by atoms with Crippen LogP contribution in [0.5, 0.6) is 11.5 Å². The Morgan fingerprint density at radius 3 is 2.30 bits per heavy atom. The molecule has 1 atom stereocenters. The van der Waals surface area contributed by atoms with E-state index in [0.717, 1.165) is 11.3 Å². The summed E-state index contributed by atoms with van der Waals surface area (Å²) in [7, 11) is -2.19. The lowest BCUT2D eigenvalue weighted by Crippen LogP contribution is -2.31. The molecule has 0 heterocycles. The van der Waals surface area contributed by atoms with Crippen molar-refractivity contribution in [1.29, 1.82) is 0 Å². The lowest BCUT2D eigenvalue weighted by Gasteiger charge is -2.16. The van der Waals surface area contributed by atoms with E-state index in [1.54, 1.807) is 38.3 Å². The van der Waals surface area contributed by atoms with Gasteiger partial charge in [0.1, 0.15) is 11.5 Å². The van der Waals surface area contributed by atoms with Gasteiger partial charge in [-0.1, -0.05) is 23.7 Å². The van der Waals surface area contributed by atoms with Crippen LogP contribution in [0.4, 0.5) is 5.69 Å². The number of amides is 1. The van der Waals surface area contributed by atoms with E-state index >= 15 is 0 Å². The summed E-state index contributed by atoms with van der Waals surface area (Å²) in [6, 6.07) is 18.0. The highest BCUT2D eigenvalue weighted by atomic mass is 35.5. The number of anilines is 1. The van der Waals surface area contributed by atoms with Crippen molar-refractivity contribution in [1.82, 2.24) is 5.32 Å². The summed E-state index contributed by atoms with van der Waals surface area (Å²) in [5.74, 6) is 0.872. The van der Waals surface area contributed by atoms with Gasteiger partial charge in [-0.25, -0.2) is 8.42 Å². The molecule has 0 radical (unpaired) electrons. The Labute approximate surface area is 198 Å². The van der Waals surface area contributed by atoms with Gasteiger partial charge in [0.15, 0.2) is 6.61 Å². The normalized spacial score (nSPS) is 12.0. The molecule has 0 aliphatic rings. The number of methoxy groups -OCH3 is 1. The molecule has 0 fully saturated rings. The zero-order valence-electron chi connectivity index (χ0n) is 18.5. The van der Waals surface area contributed by atoms with Crippen molar-refractivity contribution in [3.8, 4) is 11.5 Å². The highest BCUT2D eigenvalue weighted by Crippen LogP contribution is 2.24. The molecule has 0 aliphatic heterocycles. The third-order valence-electron chi connectivity index (χ3n) is 4.91. The Morgan fingerprint density at radius 2 is 1.70 bits per heavy atom. The van der Waals surface area contributed by atoms with E-state index in [1.807, 2.05) is 31.2 Å². The molecular weight excluding hydrogens is 464 g/mol. The highest BCUT2D eigenvalue weighted by molar-refractivity contribution is 7.92. The van der Waals surface area contributed by atoms with Gasteiger partial charge in [-0.3, -0.25) is 9.52 Å². The van der Waals surface area contributed by atoms with E-state index in [-0.39, 0.29) is 23.5 Å². The van der Waals surface area contributed by atoms with Gasteiger partial charge in [0.2, 0.25) is 0 Å². The number of rotatable bonds is 9. The number of halogens is 1. The molecule has 0 aliphatic carbocycles. The summed E-state index contributed by atoms with van der Waals surface area (Å²) in [4.78, 5) is 12.4. The van der Waals surface area contributed by atoms with Gasteiger partial charge in [-0.15, -0.1) is 0 Å². The highest BCUT2D eigenvalue weighted by Gasteiger charge is 2.17. The number of carbonyl (C=O) groups excluding carboxylic acids is 1. The number of nitrogens with one attached hydrogen (secondary N) is 2. The van der Waals surface area contributed by atoms with E-state index in [4.69, 9.17) is 21.1 Å². The molecule has 0 spiro atoms. The fourth-order valence-corrected chi connectivity index (χ4v) is 4.35. The molecule has 2 N–H and O–H groups in total. The molecule has 0 saturated carbocycles. The molecule has 7 nitrogen and oxygen atoms in total. The van der Waals surface area contributed by atoms with Gasteiger partial charge in [-0.05, 0) is 79.6 Å². The summed E-state index contributed by atoms with van der Waals surface area (Å²) < 4.78 is 38.6. The Kier molecular flexibility index (Phi) is 7.84. The summed E-state index contributed by atoms with van der Waals surface area (Å²) >= 11 is 5.84. The van der Waals surface area contributed by atoms with Crippen LogP contribution in [0.3, 0.4) is 0 Å². The maximum absolute atomic E-state index is 12.7. The second-order valence-corrected chi connectivity index (χ2v) is 9.51. The fourth-order valence-electron chi connectivity index (χ4n) is 3.09. The van der Waals surface area contributed by atoms with Crippen LogP contribution >= 0.6 is 11.6 Å². The molecule has 0 bridgehead atoms. The number of sulfonamides is 1. The first-order chi connectivity index (χ1) is 15.7.